The monoisotopic (exact) mass is 505 g/mol. The standard InChI is InChI=1S/C27H43N3O6/c1-16(2)13-21(29-26(34)36-27(7,8)9)25(33)30(17(3)4)23(24(32)28-15-22(31)35-10)20-12-11-18(5)19(6)14-20/h11-12,14,16-17,21,23H,13,15H2,1-10H3,(H,28,32)(H,29,34). The van der Waals surface area contributed by atoms with Gasteiger partial charge in [-0.3, -0.25) is 14.4 Å². The number of rotatable bonds is 10. The third kappa shape index (κ3) is 9.51. The first kappa shape index (κ1) is 30.9. The summed E-state index contributed by atoms with van der Waals surface area (Å²) in [5, 5.41) is 5.30. The van der Waals surface area contributed by atoms with Crippen molar-refractivity contribution < 1.29 is 28.7 Å². The Morgan fingerprint density at radius 3 is 2.08 bits per heavy atom. The fraction of sp³-hybridized carbons (Fsp3) is 0.630. The van der Waals surface area contributed by atoms with E-state index in [4.69, 9.17) is 4.74 Å². The van der Waals surface area contributed by atoms with Crippen LogP contribution in [0.15, 0.2) is 18.2 Å². The molecule has 3 amide bonds. The molecule has 202 valence electrons. The van der Waals surface area contributed by atoms with E-state index >= 15 is 0 Å². The maximum absolute atomic E-state index is 14.0. The van der Waals surface area contributed by atoms with Crippen LogP contribution < -0.4 is 10.6 Å². The number of alkyl carbamates (subject to hydrolysis) is 1. The molecule has 1 rings (SSSR count). The summed E-state index contributed by atoms with van der Waals surface area (Å²) >= 11 is 0. The van der Waals surface area contributed by atoms with Crippen molar-refractivity contribution in [1.82, 2.24) is 15.5 Å². The minimum absolute atomic E-state index is 0.0797. The Labute approximate surface area is 215 Å². The van der Waals surface area contributed by atoms with Gasteiger partial charge < -0.3 is 25.0 Å². The number of amides is 3. The molecule has 0 saturated heterocycles. The molecule has 0 aliphatic heterocycles. The van der Waals surface area contributed by atoms with E-state index in [0.29, 0.717) is 12.0 Å². The van der Waals surface area contributed by atoms with Gasteiger partial charge in [-0.05, 0) is 77.5 Å². The summed E-state index contributed by atoms with van der Waals surface area (Å²) in [5.41, 5.74) is 1.87. The normalized spacial score (nSPS) is 13.1. The number of esters is 1. The van der Waals surface area contributed by atoms with Crippen LogP contribution in [0.3, 0.4) is 0 Å². The van der Waals surface area contributed by atoms with Crippen molar-refractivity contribution in [1.29, 1.82) is 0 Å². The summed E-state index contributed by atoms with van der Waals surface area (Å²) in [6.45, 7) is 16.3. The second kappa shape index (κ2) is 13.3. The van der Waals surface area contributed by atoms with Crippen molar-refractivity contribution in [3.8, 4) is 0 Å². The fourth-order valence-electron chi connectivity index (χ4n) is 3.70. The van der Waals surface area contributed by atoms with Crippen molar-refractivity contribution >= 4 is 23.9 Å². The van der Waals surface area contributed by atoms with E-state index in [2.05, 4.69) is 15.4 Å². The molecule has 0 aliphatic rings. The first-order chi connectivity index (χ1) is 16.6. The van der Waals surface area contributed by atoms with Crippen LogP contribution in [0.25, 0.3) is 0 Å². The van der Waals surface area contributed by atoms with Gasteiger partial charge in [0.05, 0.1) is 7.11 Å². The molecule has 0 fully saturated rings. The first-order valence-electron chi connectivity index (χ1n) is 12.3. The summed E-state index contributed by atoms with van der Waals surface area (Å²) in [7, 11) is 1.23. The lowest BCUT2D eigenvalue weighted by atomic mass is 9.96. The zero-order chi connectivity index (χ0) is 27.8. The van der Waals surface area contributed by atoms with Crippen molar-refractivity contribution in [2.24, 2.45) is 5.92 Å². The molecule has 0 aliphatic carbocycles. The highest BCUT2D eigenvalue weighted by atomic mass is 16.6. The van der Waals surface area contributed by atoms with Gasteiger partial charge in [-0.2, -0.15) is 0 Å². The molecular formula is C27H43N3O6. The maximum Gasteiger partial charge on any atom is 0.408 e. The van der Waals surface area contributed by atoms with E-state index < -0.39 is 47.6 Å². The van der Waals surface area contributed by atoms with Gasteiger partial charge in [-0.25, -0.2) is 4.79 Å². The van der Waals surface area contributed by atoms with Crippen LogP contribution in [0.4, 0.5) is 4.79 Å². The Morgan fingerprint density at radius 2 is 1.61 bits per heavy atom. The van der Waals surface area contributed by atoms with Crippen molar-refractivity contribution in [2.45, 2.75) is 92.5 Å². The summed E-state index contributed by atoms with van der Waals surface area (Å²) in [4.78, 5) is 53.1. The predicted octanol–water partition coefficient (Wildman–Crippen LogP) is 3.81. The van der Waals surface area contributed by atoms with E-state index in [9.17, 15) is 19.2 Å². The molecule has 0 heterocycles. The molecule has 2 N–H and O–H groups in total. The summed E-state index contributed by atoms with van der Waals surface area (Å²) in [5.74, 6) is -1.46. The molecule has 0 spiro atoms. The molecular weight excluding hydrogens is 462 g/mol. The van der Waals surface area contributed by atoms with Crippen LogP contribution in [0.1, 0.15) is 77.6 Å². The minimum atomic E-state index is -1.03. The minimum Gasteiger partial charge on any atom is -0.468 e. The van der Waals surface area contributed by atoms with Crippen molar-refractivity contribution in [3.05, 3.63) is 34.9 Å². The first-order valence-corrected chi connectivity index (χ1v) is 12.3. The van der Waals surface area contributed by atoms with E-state index in [1.165, 1.54) is 12.0 Å². The number of carbonyl (C=O) groups is 4. The largest absolute Gasteiger partial charge is 0.468 e. The number of nitrogens with one attached hydrogen (secondary N) is 2. The van der Waals surface area contributed by atoms with Gasteiger partial charge >= 0.3 is 12.1 Å². The van der Waals surface area contributed by atoms with Gasteiger partial charge in [0, 0.05) is 6.04 Å². The van der Waals surface area contributed by atoms with E-state index in [1.807, 2.05) is 39.8 Å². The number of hydrogen-bond acceptors (Lipinski definition) is 6. The van der Waals surface area contributed by atoms with Gasteiger partial charge in [0.15, 0.2) is 0 Å². The van der Waals surface area contributed by atoms with E-state index in [-0.39, 0.29) is 12.5 Å². The molecule has 1 aromatic rings. The molecule has 2 atom stereocenters. The van der Waals surface area contributed by atoms with Crippen LogP contribution >= 0.6 is 0 Å². The smallest absolute Gasteiger partial charge is 0.408 e. The highest BCUT2D eigenvalue weighted by molar-refractivity contribution is 5.93. The molecule has 0 bridgehead atoms. The topological polar surface area (TPSA) is 114 Å². The molecule has 9 nitrogen and oxygen atoms in total. The third-order valence-corrected chi connectivity index (χ3v) is 5.51. The number of nitrogens with zero attached hydrogens (tertiary/aromatic N) is 1. The molecule has 1 aromatic carbocycles. The predicted molar refractivity (Wildman–Crippen MR) is 138 cm³/mol. The number of hydrogen-bond donors (Lipinski definition) is 2. The highest BCUT2D eigenvalue weighted by Crippen LogP contribution is 2.27. The summed E-state index contributed by atoms with van der Waals surface area (Å²) in [6.07, 6.45) is -0.354. The molecule has 0 saturated carbocycles. The number of methoxy groups -OCH3 is 1. The van der Waals surface area contributed by atoms with Crippen LogP contribution in [0.2, 0.25) is 0 Å². The average Bonchev–Trinajstić information content (AvgIpc) is 2.74. The van der Waals surface area contributed by atoms with Crippen molar-refractivity contribution in [2.75, 3.05) is 13.7 Å². The van der Waals surface area contributed by atoms with E-state index in [1.54, 1.807) is 40.7 Å². The highest BCUT2D eigenvalue weighted by Gasteiger charge is 2.38. The molecule has 36 heavy (non-hydrogen) atoms. The Bertz CT molecular complexity index is 936. The lowest BCUT2D eigenvalue weighted by molar-refractivity contribution is -0.146. The van der Waals surface area contributed by atoms with E-state index in [0.717, 1.165) is 11.1 Å². The number of carbonyl (C=O) groups excluding carboxylic acids is 4. The summed E-state index contributed by atoms with van der Waals surface area (Å²) in [6, 6.07) is 3.20. The van der Waals surface area contributed by atoms with Gasteiger partial charge in [0.25, 0.3) is 0 Å². The Kier molecular flexibility index (Phi) is 11.4. The van der Waals surface area contributed by atoms with Gasteiger partial charge in [0.2, 0.25) is 11.8 Å². The molecule has 0 radical (unpaired) electrons. The van der Waals surface area contributed by atoms with Crippen molar-refractivity contribution in [3.63, 3.8) is 0 Å². The third-order valence-electron chi connectivity index (χ3n) is 5.51. The maximum atomic E-state index is 14.0. The van der Waals surface area contributed by atoms with Gasteiger partial charge in [0.1, 0.15) is 24.2 Å². The van der Waals surface area contributed by atoms with Crippen LogP contribution in [0, 0.1) is 19.8 Å². The molecule has 2 unspecified atom stereocenters. The fourth-order valence-corrected chi connectivity index (χ4v) is 3.70. The van der Waals surface area contributed by atoms with Crippen LogP contribution in [-0.2, 0) is 23.9 Å². The zero-order valence-corrected chi connectivity index (χ0v) is 23.4. The molecule has 0 aromatic heterocycles. The number of ether oxygens (including phenoxy) is 2. The lowest BCUT2D eigenvalue weighted by Gasteiger charge is -2.37. The van der Waals surface area contributed by atoms with Crippen LogP contribution in [-0.4, -0.2) is 60.1 Å². The van der Waals surface area contributed by atoms with Crippen LogP contribution in [0.5, 0.6) is 0 Å². The second-order valence-corrected chi connectivity index (χ2v) is 10.7. The quantitative estimate of drug-likeness (QED) is 0.468. The Hall–Kier alpha value is -3.10. The van der Waals surface area contributed by atoms with Gasteiger partial charge in [-0.1, -0.05) is 32.0 Å². The van der Waals surface area contributed by atoms with Gasteiger partial charge in [-0.15, -0.1) is 0 Å². The average molecular weight is 506 g/mol. The number of benzene rings is 1. The zero-order valence-electron chi connectivity index (χ0n) is 23.4. The Morgan fingerprint density at radius 1 is 1.00 bits per heavy atom. The SMILES string of the molecule is COC(=O)CNC(=O)C(c1ccc(C)c(C)c1)N(C(=O)C(CC(C)C)NC(=O)OC(C)(C)C)C(C)C. The Balaban J connectivity index is 3.49. The second-order valence-electron chi connectivity index (χ2n) is 10.7. The molecule has 9 heteroatoms. The lowest BCUT2D eigenvalue weighted by Crippen LogP contribution is -2.55. The summed E-state index contributed by atoms with van der Waals surface area (Å²) < 4.78 is 10.0. The number of aryl methyl sites for hydroxylation is 2.